The molecule has 106 valence electrons. The molecule has 2 rings (SSSR count). The lowest BCUT2D eigenvalue weighted by Gasteiger charge is -2.18. The van der Waals surface area contributed by atoms with Gasteiger partial charge in [-0.1, -0.05) is 32.9 Å². The van der Waals surface area contributed by atoms with Gasteiger partial charge >= 0.3 is 0 Å². The van der Waals surface area contributed by atoms with Crippen molar-refractivity contribution in [2.24, 2.45) is 0 Å². The number of fused-ring (bicyclic) bond motifs is 1. The van der Waals surface area contributed by atoms with Crippen LogP contribution < -0.4 is 5.32 Å². The van der Waals surface area contributed by atoms with E-state index >= 15 is 0 Å². The predicted octanol–water partition coefficient (Wildman–Crippen LogP) is 3.58. The lowest BCUT2D eigenvalue weighted by atomic mass is 9.86. The largest absolute Gasteiger partial charge is 0.464 e. The van der Waals surface area contributed by atoms with E-state index in [-0.39, 0.29) is 11.3 Å². The zero-order chi connectivity index (χ0) is 14.8. The number of rotatable bonds is 4. The maximum atomic E-state index is 11.8. The summed E-state index contributed by atoms with van der Waals surface area (Å²) in [6.07, 6.45) is 3.67. The number of nitrogens with one attached hydrogen (secondary N) is 1. The van der Waals surface area contributed by atoms with Crippen molar-refractivity contribution in [2.45, 2.75) is 32.6 Å². The molecular formula is C17H21NO2. The van der Waals surface area contributed by atoms with E-state index in [2.05, 4.69) is 44.8 Å². The summed E-state index contributed by atoms with van der Waals surface area (Å²) >= 11 is 0. The van der Waals surface area contributed by atoms with Crippen molar-refractivity contribution >= 4 is 16.9 Å². The van der Waals surface area contributed by atoms with Crippen LogP contribution in [0.5, 0.6) is 0 Å². The van der Waals surface area contributed by atoms with Gasteiger partial charge in [0, 0.05) is 17.5 Å². The Morgan fingerprint density at radius 1 is 1.40 bits per heavy atom. The molecule has 0 aliphatic rings. The lowest BCUT2D eigenvalue weighted by molar-refractivity contribution is -0.120. The molecule has 20 heavy (non-hydrogen) atoms. The third-order valence-electron chi connectivity index (χ3n) is 3.31. The molecule has 1 aromatic heterocycles. The van der Waals surface area contributed by atoms with Gasteiger partial charge in [0.25, 0.3) is 0 Å². The van der Waals surface area contributed by atoms with E-state index in [9.17, 15) is 4.79 Å². The summed E-state index contributed by atoms with van der Waals surface area (Å²) in [5, 5.41) is 3.80. The molecule has 0 fully saturated rings. The minimum Gasteiger partial charge on any atom is -0.464 e. The van der Waals surface area contributed by atoms with Crippen molar-refractivity contribution < 1.29 is 9.21 Å². The van der Waals surface area contributed by atoms with Gasteiger partial charge in [0.2, 0.25) is 5.91 Å². The smallest absolute Gasteiger partial charge is 0.224 e. The van der Waals surface area contributed by atoms with Gasteiger partial charge < -0.3 is 9.73 Å². The molecular weight excluding hydrogens is 250 g/mol. The third kappa shape index (κ3) is 3.10. The van der Waals surface area contributed by atoms with Crippen molar-refractivity contribution in [3.05, 3.63) is 48.2 Å². The molecule has 2 aromatic rings. The molecule has 0 saturated heterocycles. The summed E-state index contributed by atoms with van der Waals surface area (Å²) in [5.41, 5.74) is 3.06. The first-order valence-corrected chi connectivity index (χ1v) is 6.80. The SMILES string of the molecule is C=CCNC(=O)Cc1coc2ccc(C(C)(C)C)cc12. The molecule has 0 unspecified atom stereocenters. The maximum absolute atomic E-state index is 11.8. The van der Waals surface area contributed by atoms with Crippen LogP contribution in [0.25, 0.3) is 11.0 Å². The van der Waals surface area contributed by atoms with Crippen molar-refractivity contribution in [3.63, 3.8) is 0 Å². The van der Waals surface area contributed by atoms with Crippen molar-refractivity contribution in [1.29, 1.82) is 0 Å². The molecule has 0 aliphatic carbocycles. The first-order valence-electron chi connectivity index (χ1n) is 6.80. The zero-order valence-electron chi connectivity index (χ0n) is 12.3. The average molecular weight is 271 g/mol. The van der Waals surface area contributed by atoms with Crippen LogP contribution in [-0.2, 0) is 16.6 Å². The molecule has 3 heteroatoms. The van der Waals surface area contributed by atoms with E-state index in [1.165, 1.54) is 5.56 Å². The molecule has 0 radical (unpaired) electrons. The number of carbonyl (C=O) groups excluding carboxylic acids is 1. The fraction of sp³-hybridized carbons (Fsp3) is 0.353. The van der Waals surface area contributed by atoms with Crippen LogP contribution in [-0.4, -0.2) is 12.5 Å². The predicted molar refractivity (Wildman–Crippen MR) is 81.8 cm³/mol. The van der Waals surface area contributed by atoms with Crippen LogP contribution in [0.4, 0.5) is 0 Å². The zero-order valence-corrected chi connectivity index (χ0v) is 12.3. The second-order valence-corrected chi connectivity index (χ2v) is 5.99. The summed E-state index contributed by atoms with van der Waals surface area (Å²) in [6.45, 7) is 10.6. The molecule has 0 atom stereocenters. The van der Waals surface area contributed by atoms with Gasteiger partial charge in [-0.15, -0.1) is 6.58 Å². The topological polar surface area (TPSA) is 42.2 Å². The minimum atomic E-state index is -0.0197. The highest BCUT2D eigenvalue weighted by atomic mass is 16.3. The van der Waals surface area contributed by atoms with Gasteiger partial charge in [0.15, 0.2) is 0 Å². The highest BCUT2D eigenvalue weighted by molar-refractivity contribution is 5.88. The van der Waals surface area contributed by atoms with Gasteiger partial charge in [-0.2, -0.15) is 0 Å². The number of hydrogen-bond acceptors (Lipinski definition) is 2. The molecule has 3 nitrogen and oxygen atoms in total. The monoisotopic (exact) mass is 271 g/mol. The summed E-state index contributed by atoms with van der Waals surface area (Å²) in [6, 6.07) is 6.17. The number of furan rings is 1. The lowest BCUT2D eigenvalue weighted by Crippen LogP contribution is -2.24. The Morgan fingerprint density at radius 3 is 2.80 bits per heavy atom. The molecule has 1 amide bonds. The second-order valence-electron chi connectivity index (χ2n) is 5.99. The first kappa shape index (κ1) is 14.4. The second kappa shape index (κ2) is 5.53. The molecule has 0 spiro atoms. The van der Waals surface area contributed by atoms with E-state index in [1.54, 1.807) is 12.3 Å². The summed E-state index contributed by atoms with van der Waals surface area (Å²) < 4.78 is 5.52. The van der Waals surface area contributed by atoms with E-state index in [0.29, 0.717) is 13.0 Å². The Hall–Kier alpha value is -2.03. The number of carbonyl (C=O) groups is 1. The molecule has 1 heterocycles. The van der Waals surface area contributed by atoms with Gasteiger partial charge in [0.1, 0.15) is 5.58 Å². The quantitative estimate of drug-likeness (QED) is 0.864. The van der Waals surface area contributed by atoms with Crippen LogP contribution in [0.3, 0.4) is 0 Å². The Kier molecular flexibility index (Phi) is 3.98. The first-order chi connectivity index (χ1) is 9.41. The van der Waals surface area contributed by atoms with Crippen LogP contribution in [0, 0.1) is 0 Å². The Balaban J connectivity index is 2.30. The number of amides is 1. The molecule has 0 bridgehead atoms. The highest BCUT2D eigenvalue weighted by Crippen LogP contribution is 2.29. The van der Waals surface area contributed by atoms with Crippen molar-refractivity contribution in [3.8, 4) is 0 Å². The Labute approximate surface area is 119 Å². The summed E-state index contributed by atoms with van der Waals surface area (Å²) in [5.74, 6) is -0.0197. The Bertz CT molecular complexity index is 632. The van der Waals surface area contributed by atoms with Crippen LogP contribution in [0.2, 0.25) is 0 Å². The minimum absolute atomic E-state index is 0.0197. The highest BCUT2D eigenvalue weighted by Gasteiger charge is 2.16. The van der Waals surface area contributed by atoms with Gasteiger partial charge in [-0.25, -0.2) is 0 Å². The summed E-state index contributed by atoms with van der Waals surface area (Å²) in [4.78, 5) is 11.8. The maximum Gasteiger partial charge on any atom is 0.224 e. The van der Waals surface area contributed by atoms with Crippen LogP contribution in [0.15, 0.2) is 41.5 Å². The van der Waals surface area contributed by atoms with E-state index in [0.717, 1.165) is 16.5 Å². The normalized spacial score (nSPS) is 11.6. The van der Waals surface area contributed by atoms with Crippen molar-refractivity contribution in [2.75, 3.05) is 6.54 Å². The van der Waals surface area contributed by atoms with Gasteiger partial charge in [0.05, 0.1) is 12.7 Å². The number of benzene rings is 1. The van der Waals surface area contributed by atoms with E-state index < -0.39 is 0 Å². The standard InChI is InChI=1S/C17H21NO2/c1-5-8-18-16(19)9-12-11-20-15-7-6-13(10-14(12)15)17(2,3)4/h5-7,10-11H,1,8-9H2,2-4H3,(H,18,19). The van der Waals surface area contributed by atoms with E-state index in [1.807, 2.05) is 6.07 Å². The third-order valence-corrected chi connectivity index (χ3v) is 3.31. The van der Waals surface area contributed by atoms with Gasteiger partial charge in [-0.05, 0) is 23.1 Å². The van der Waals surface area contributed by atoms with E-state index in [4.69, 9.17) is 4.42 Å². The van der Waals surface area contributed by atoms with Crippen LogP contribution in [0.1, 0.15) is 31.9 Å². The average Bonchev–Trinajstić information content (AvgIpc) is 2.78. The molecule has 0 saturated carbocycles. The summed E-state index contributed by atoms with van der Waals surface area (Å²) in [7, 11) is 0. The molecule has 1 N–H and O–H groups in total. The van der Waals surface area contributed by atoms with Crippen molar-refractivity contribution in [1.82, 2.24) is 5.32 Å². The fourth-order valence-electron chi connectivity index (χ4n) is 2.11. The number of hydrogen-bond donors (Lipinski definition) is 1. The molecule has 1 aromatic carbocycles. The Morgan fingerprint density at radius 2 is 2.15 bits per heavy atom. The fourth-order valence-corrected chi connectivity index (χ4v) is 2.11. The molecule has 0 aliphatic heterocycles. The van der Waals surface area contributed by atoms with Crippen LogP contribution >= 0.6 is 0 Å². The van der Waals surface area contributed by atoms with Gasteiger partial charge in [-0.3, -0.25) is 4.79 Å².